The molecule has 2 heterocycles. The van der Waals surface area contributed by atoms with Crippen LogP contribution in [0.25, 0.3) is 0 Å². The third kappa shape index (κ3) is 4.18. The zero-order chi connectivity index (χ0) is 19.8. The smallest absolute Gasteiger partial charge is 0.228 e. The molecule has 7 heteroatoms. The summed E-state index contributed by atoms with van der Waals surface area (Å²) in [5.74, 6) is 0.0245. The Hall–Kier alpha value is -1.89. The molecule has 1 aromatic carbocycles. The fraction of sp³-hybridized carbons (Fsp3) is 0.600. The second-order valence-electron chi connectivity index (χ2n) is 7.83. The van der Waals surface area contributed by atoms with Crippen molar-refractivity contribution in [3.8, 4) is 0 Å². The number of hydrogen-bond acceptors (Lipinski definition) is 4. The van der Waals surface area contributed by atoms with E-state index in [1.54, 1.807) is 9.80 Å². The summed E-state index contributed by atoms with van der Waals surface area (Å²) in [4.78, 5) is 28.8. The zero-order valence-electron chi connectivity index (χ0n) is 16.2. The van der Waals surface area contributed by atoms with Crippen LogP contribution in [0.15, 0.2) is 24.3 Å². The van der Waals surface area contributed by atoms with Crippen LogP contribution in [0.2, 0.25) is 0 Å². The molecule has 2 atom stereocenters. The van der Waals surface area contributed by atoms with Crippen molar-refractivity contribution < 1.29 is 18.0 Å². The number of nitrogens with zero attached hydrogens (tertiary/aromatic N) is 2. The Bertz CT molecular complexity index is 817. The van der Waals surface area contributed by atoms with Gasteiger partial charge in [0.1, 0.15) is 0 Å². The highest BCUT2D eigenvalue weighted by Gasteiger charge is 2.41. The van der Waals surface area contributed by atoms with Crippen molar-refractivity contribution in [2.45, 2.75) is 45.6 Å². The lowest BCUT2D eigenvalue weighted by Gasteiger charge is -2.29. The van der Waals surface area contributed by atoms with E-state index in [4.69, 9.17) is 0 Å². The molecule has 0 aromatic heterocycles. The van der Waals surface area contributed by atoms with E-state index >= 15 is 0 Å². The second-order valence-corrected chi connectivity index (χ2v) is 10.1. The van der Waals surface area contributed by atoms with Gasteiger partial charge in [-0.25, -0.2) is 8.42 Å². The molecule has 0 radical (unpaired) electrons. The lowest BCUT2D eigenvalue weighted by atomic mass is 10.0. The van der Waals surface area contributed by atoms with E-state index in [1.165, 1.54) is 5.56 Å². The Morgan fingerprint density at radius 2 is 1.93 bits per heavy atom. The summed E-state index contributed by atoms with van der Waals surface area (Å²) < 4.78 is 23.5. The van der Waals surface area contributed by atoms with Crippen molar-refractivity contribution in [2.75, 3.05) is 29.5 Å². The minimum atomic E-state index is -3.05. The Balaban J connectivity index is 1.71. The molecular weight excluding hydrogens is 364 g/mol. The summed E-state index contributed by atoms with van der Waals surface area (Å²) in [5, 5.41) is 0. The average molecular weight is 393 g/mol. The first-order chi connectivity index (χ1) is 12.7. The molecule has 2 aliphatic heterocycles. The highest BCUT2D eigenvalue weighted by Crippen LogP contribution is 2.29. The monoisotopic (exact) mass is 392 g/mol. The van der Waals surface area contributed by atoms with E-state index < -0.39 is 15.8 Å². The lowest BCUT2D eigenvalue weighted by molar-refractivity contribution is -0.137. The van der Waals surface area contributed by atoms with Gasteiger partial charge in [0.2, 0.25) is 11.8 Å². The molecule has 6 nitrogen and oxygen atoms in total. The third-order valence-corrected chi connectivity index (χ3v) is 7.37. The predicted molar refractivity (Wildman–Crippen MR) is 105 cm³/mol. The molecule has 3 rings (SSSR count). The Morgan fingerprint density at radius 3 is 2.44 bits per heavy atom. The van der Waals surface area contributed by atoms with Crippen molar-refractivity contribution in [1.82, 2.24) is 4.90 Å². The Labute approximate surface area is 161 Å². The summed E-state index contributed by atoms with van der Waals surface area (Å²) in [5.41, 5.74) is 2.02. The Kier molecular flexibility index (Phi) is 5.60. The minimum Gasteiger partial charge on any atom is -0.339 e. The van der Waals surface area contributed by atoms with Crippen LogP contribution in [0.4, 0.5) is 5.69 Å². The van der Waals surface area contributed by atoms with Gasteiger partial charge in [-0.15, -0.1) is 0 Å². The fourth-order valence-electron chi connectivity index (χ4n) is 4.01. The van der Waals surface area contributed by atoms with E-state index in [1.807, 2.05) is 31.2 Å². The molecule has 0 N–H and O–H groups in total. The van der Waals surface area contributed by atoms with Gasteiger partial charge in [0.15, 0.2) is 9.84 Å². The highest BCUT2D eigenvalue weighted by atomic mass is 32.2. The molecule has 2 aliphatic rings. The maximum absolute atomic E-state index is 13.0. The average Bonchev–Trinajstić information content (AvgIpc) is 3.18. The molecule has 2 amide bonds. The molecule has 0 bridgehead atoms. The molecular formula is C20H28N2O4S. The zero-order valence-corrected chi connectivity index (χ0v) is 17.0. The number of anilines is 1. The number of carbonyl (C=O) groups is 2. The first kappa shape index (κ1) is 19.9. The van der Waals surface area contributed by atoms with Gasteiger partial charge in [-0.2, -0.15) is 0 Å². The van der Waals surface area contributed by atoms with Gasteiger partial charge in [0, 0.05) is 31.2 Å². The van der Waals surface area contributed by atoms with Crippen LogP contribution < -0.4 is 4.90 Å². The molecule has 2 fully saturated rings. The molecule has 2 unspecified atom stereocenters. The predicted octanol–water partition coefficient (Wildman–Crippen LogP) is 2.20. The van der Waals surface area contributed by atoms with Crippen LogP contribution in [0.3, 0.4) is 0 Å². The number of carbonyl (C=O) groups excluding carboxylic acids is 2. The summed E-state index contributed by atoms with van der Waals surface area (Å²) in [6.07, 6.45) is 0.670. The van der Waals surface area contributed by atoms with E-state index in [9.17, 15) is 18.0 Å². The van der Waals surface area contributed by atoms with Crippen LogP contribution in [-0.4, -0.2) is 55.8 Å². The van der Waals surface area contributed by atoms with Crippen molar-refractivity contribution in [2.24, 2.45) is 5.92 Å². The van der Waals surface area contributed by atoms with Crippen molar-refractivity contribution in [3.63, 3.8) is 0 Å². The summed E-state index contributed by atoms with van der Waals surface area (Å²) >= 11 is 0. The summed E-state index contributed by atoms with van der Waals surface area (Å²) in [7, 11) is -3.05. The highest BCUT2D eigenvalue weighted by molar-refractivity contribution is 7.91. The number of amides is 2. The van der Waals surface area contributed by atoms with E-state index in [2.05, 4.69) is 13.8 Å². The van der Waals surface area contributed by atoms with Crippen molar-refractivity contribution in [1.29, 1.82) is 0 Å². The van der Waals surface area contributed by atoms with Gasteiger partial charge in [-0.05, 0) is 37.0 Å². The summed E-state index contributed by atoms with van der Waals surface area (Å²) in [6, 6.07) is 7.64. The van der Waals surface area contributed by atoms with E-state index in [0.717, 1.165) is 5.69 Å². The van der Waals surface area contributed by atoms with Gasteiger partial charge in [-0.3, -0.25) is 9.59 Å². The molecule has 0 saturated carbocycles. The third-order valence-electron chi connectivity index (χ3n) is 5.62. The molecule has 27 heavy (non-hydrogen) atoms. The topological polar surface area (TPSA) is 74.8 Å². The number of benzene rings is 1. The molecule has 0 aliphatic carbocycles. The standard InChI is InChI=1S/C20H28N2O4S/c1-4-21(18-9-10-27(25,26)13-18)20(24)16-11-19(23)22(12-16)17-7-5-15(6-8-17)14(2)3/h5-8,14,16,18H,4,9-13H2,1-3H3. The van der Waals surface area contributed by atoms with Crippen LogP contribution in [0.5, 0.6) is 0 Å². The first-order valence-electron chi connectivity index (χ1n) is 9.63. The molecule has 1 aromatic rings. The SMILES string of the molecule is CCN(C(=O)C1CC(=O)N(c2ccc(C(C)C)cc2)C1)C1CCS(=O)(=O)C1. The lowest BCUT2D eigenvalue weighted by Crippen LogP contribution is -2.44. The van der Waals surface area contributed by atoms with Gasteiger partial charge in [-0.1, -0.05) is 26.0 Å². The van der Waals surface area contributed by atoms with Gasteiger partial charge >= 0.3 is 0 Å². The quantitative estimate of drug-likeness (QED) is 0.770. The van der Waals surface area contributed by atoms with Gasteiger partial charge in [0.25, 0.3) is 0 Å². The van der Waals surface area contributed by atoms with Crippen LogP contribution in [0.1, 0.15) is 45.1 Å². The first-order valence-corrected chi connectivity index (χ1v) is 11.4. The van der Waals surface area contributed by atoms with Crippen LogP contribution in [0, 0.1) is 5.92 Å². The maximum Gasteiger partial charge on any atom is 0.228 e. The maximum atomic E-state index is 13.0. The second kappa shape index (κ2) is 7.62. The fourth-order valence-corrected chi connectivity index (χ4v) is 5.74. The van der Waals surface area contributed by atoms with Gasteiger partial charge in [0.05, 0.1) is 17.4 Å². The normalized spacial score (nSPS) is 24.6. The number of rotatable bonds is 5. The molecule has 148 valence electrons. The van der Waals surface area contributed by atoms with Crippen molar-refractivity contribution in [3.05, 3.63) is 29.8 Å². The Morgan fingerprint density at radius 1 is 1.26 bits per heavy atom. The minimum absolute atomic E-state index is 0.0353. The van der Waals surface area contributed by atoms with E-state index in [-0.39, 0.29) is 35.8 Å². The molecule has 2 saturated heterocycles. The summed E-state index contributed by atoms with van der Waals surface area (Å²) in [6.45, 7) is 6.92. The number of sulfone groups is 1. The van der Waals surface area contributed by atoms with E-state index in [0.29, 0.717) is 25.4 Å². The van der Waals surface area contributed by atoms with Gasteiger partial charge < -0.3 is 9.80 Å². The largest absolute Gasteiger partial charge is 0.339 e. The number of hydrogen-bond donors (Lipinski definition) is 0. The van der Waals surface area contributed by atoms with Crippen molar-refractivity contribution >= 4 is 27.3 Å². The van der Waals surface area contributed by atoms with Crippen LogP contribution >= 0.6 is 0 Å². The van der Waals surface area contributed by atoms with Crippen LogP contribution in [-0.2, 0) is 19.4 Å². The molecule has 0 spiro atoms.